The average Bonchev–Trinajstić information content (AvgIpc) is 2.44. The molecule has 0 spiro atoms. The van der Waals surface area contributed by atoms with E-state index in [0.29, 0.717) is 25.4 Å². The minimum Gasteiger partial charge on any atom is -0.492 e. The molecule has 5 heteroatoms. The summed E-state index contributed by atoms with van der Waals surface area (Å²) in [7, 11) is 0. The highest BCUT2D eigenvalue weighted by Gasteiger charge is 2.26. The zero-order valence-electron chi connectivity index (χ0n) is 14.3. The molecule has 0 aromatic heterocycles. The maximum Gasteiger partial charge on any atom is 0.227 e. The quantitative estimate of drug-likeness (QED) is 0.877. The maximum atomic E-state index is 12.1. The molecule has 5 nitrogen and oxygen atoms in total. The third-order valence-electron chi connectivity index (χ3n) is 3.65. The van der Waals surface area contributed by atoms with Crippen LogP contribution < -0.4 is 15.4 Å². The van der Waals surface area contributed by atoms with E-state index in [9.17, 15) is 9.59 Å². The van der Waals surface area contributed by atoms with Gasteiger partial charge in [0.2, 0.25) is 11.8 Å². The molecule has 126 valence electrons. The molecule has 0 saturated heterocycles. The van der Waals surface area contributed by atoms with Crippen LogP contribution in [0.4, 0.5) is 5.69 Å². The zero-order valence-corrected chi connectivity index (χ0v) is 14.3. The number of anilines is 1. The standard InChI is InChI=1S/C18H26N2O3/c1-11(2)7-17(21)20-15-5-6-16-13(9-15)8-14(10-23-16)18(22)19-12(3)4/h5-6,9,11-12,14H,7-8,10H2,1-4H3,(H,19,22)(H,20,21)/t14-/m1/s1. The monoisotopic (exact) mass is 318 g/mol. The molecular formula is C18H26N2O3. The van der Waals surface area contributed by atoms with Gasteiger partial charge in [-0.3, -0.25) is 9.59 Å². The molecule has 1 aliphatic rings. The Morgan fingerprint density at radius 1 is 1.26 bits per heavy atom. The Labute approximate surface area is 137 Å². The fourth-order valence-electron chi connectivity index (χ4n) is 2.63. The van der Waals surface area contributed by atoms with Crippen LogP contribution in [0, 0.1) is 11.8 Å². The molecule has 0 unspecified atom stereocenters. The lowest BCUT2D eigenvalue weighted by molar-refractivity contribution is -0.126. The fourth-order valence-corrected chi connectivity index (χ4v) is 2.63. The van der Waals surface area contributed by atoms with Crippen molar-refractivity contribution < 1.29 is 14.3 Å². The number of carbonyl (C=O) groups excluding carboxylic acids is 2. The highest BCUT2D eigenvalue weighted by atomic mass is 16.5. The normalized spacial score (nSPS) is 16.7. The summed E-state index contributed by atoms with van der Waals surface area (Å²) in [5.41, 5.74) is 1.71. The highest BCUT2D eigenvalue weighted by Crippen LogP contribution is 2.30. The Bertz CT molecular complexity index is 582. The molecule has 0 fully saturated rings. The van der Waals surface area contributed by atoms with Gasteiger partial charge < -0.3 is 15.4 Å². The van der Waals surface area contributed by atoms with Gasteiger partial charge in [-0.1, -0.05) is 13.8 Å². The molecule has 0 aliphatic carbocycles. The molecule has 1 atom stereocenters. The predicted octanol–water partition coefficient (Wildman–Crippen LogP) is 2.75. The van der Waals surface area contributed by atoms with E-state index in [2.05, 4.69) is 10.6 Å². The molecule has 2 rings (SSSR count). The second-order valence-electron chi connectivity index (χ2n) is 6.84. The number of carbonyl (C=O) groups is 2. The van der Waals surface area contributed by atoms with Crippen LogP contribution in [0.5, 0.6) is 5.75 Å². The Kier molecular flexibility index (Phi) is 5.64. The van der Waals surface area contributed by atoms with Crippen molar-refractivity contribution in [2.45, 2.75) is 46.6 Å². The summed E-state index contributed by atoms with van der Waals surface area (Å²) >= 11 is 0. The van der Waals surface area contributed by atoms with Crippen molar-refractivity contribution in [3.63, 3.8) is 0 Å². The summed E-state index contributed by atoms with van der Waals surface area (Å²) in [6.07, 6.45) is 1.12. The molecule has 1 aromatic rings. The lowest BCUT2D eigenvalue weighted by Crippen LogP contribution is -2.40. The minimum absolute atomic E-state index is 0.00535. The van der Waals surface area contributed by atoms with Gasteiger partial charge in [-0.25, -0.2) is 0 Å². The van der Waals surface area contributed by atoms with Crippen LogP contribution in [-0.2, 0) is 16.0 Å². The van der Waals surface area contributed by atoms with Crippen LogP contribution in [-0.4, -0.2) is 24.5 Å². The summed E-state index contributed by atoms with van der Waals surface area (Å²) in [6, 6.07) is 5.72. The van der Waals surface area contributed by atoms with Crippen LogP contribution in [0.15, 0.2) is 18.2 Å². The number of hydrogen-bond donors (Lipinski definition) is 2. The van der Waals surface area contributed by atoms with Crippen LogP contribution in [0.2, 0.25) is 0 Å². The van der Waals surface area contributed by atoms with Gasteiger partial charge in [-0.05, 0) is 49.9 Å². The Balaban J connectivity index is 2.05. The van der Waals surface area contributed by atoms with E-state index in [1.165, 1.54) is 0 Å². The number of fused-ring (bicyclic) bond motifs is 1. The number of hydrogen-bond acceptors (Lipinski definition) is 3. The van der Waals surface area contributed by atoms with E-state index < -0.39 is 0 Å². The molecule has 1 heterocycles. The summed E-state index contributed by atoms with van der Waals surface area (Å²) < 4.78 is 5.69. The smallest absolute Gasteiger partial charge is 0.227 e. The van der Waals surface area contributed by atoms with Gasteiger partial charge in [-0.15, -0.1) is 0 Å². The lowest BCUT2D eigenvalue weighted by Gasteiger charge is -2.26. The van der Waals surface area contributed by atoms with E-state index in [4.69, 9.17) is 4.74 Å². The summed E-state index contributed by atoms with van der Waals surface area (Å²) in [4.78, 5) is 24.0. The van der Waals surface area contributed by atoms with Crippen LogP contribution in [0.25, 0.3) is 0 Å². The van der Waals surface area contributed by atoms with E-state index in [0.717, 1.165) is 17.0 Å². The van der Waals surface area contributed by atoms with Gasteiger partial charge in [0, 0.05) is 18.2 Å². The van der Waals surface area contributed by atoms with Gasteiger partial charge in [0.15, 0.2) is 0 Å². The summed E-state index contributed by atoms with van der Waals surface area (Å²) in [5, 5.41) is 5.83. The molecule has 0 bridgehead atoms. The lowest BCUT2D eigenvalue weighted by atomic mass is 9.95. The molecule has 0 saturated carbocycles. The summed E-state index contributed by atoms with van der Waals surface area (Å²) in [6.45, 7) is 8.30. The third kappa shape index (κ3) is 4.98. The Morgan fingerprint density at radius 3 is 2.65 bits per heavy atom. The van der Waals surface area contributed by atoms with Crippen molar-refractivity contribution in [3.8, 4) is 5.75 Å². The van der Waals surface area contributed by atoms with Crippen molar-refractivity contribution in [2.75, 3.05) is 11.9 Å². The topological polar surface area (TPSA) is 67.4 Å². The van der Waals surface area contributed by atoms with Crippen molar-refractivity contribution in [3.05, 3.63) is 23.8 Å². The minimum atomic E-state index is -0.188. The van der Waals surface area contributed by atoms with Crippen molar-refractivity contribution >= 4 is 17.5 Å². The molecule has 23 heavy (non-hydrogen) atoms. The van der Waals surface area contributed by atoms with Crippen LogP contribution >= 0.6 is 0 Å². The number of ether oxygens (including phenoxy) is 1. The molecule has 1 aromatic carbocycles. The first kappa shape index (κ1) is 17.3. The van der Waals surface area contributed by atoms with Gasteiger partial charge in [-0.2, -0.15) is 0 Å². The molecule has 2 amide bonds. The molecular weight excluding hydrogens is 292 g/mol. The van der Waals surface area contributed by atoms with Crippen molar-refractivity contribution in [1.82, 2.24) is 5.32 Å². The van der Waals surface area contributed by atoms with Crippen LogP contribution in [0.3, 0.4) is 0 Å². The summed E-state index contributed by atoms with van der Waals surface area (Å²) in [5.74, 6) is 0.942. The van der Waals surface area contributed by atoms with Crippen molar-refractivity contribution in [1.29, 1.82) is 0 Å². The average molecular weight is 318 g/mol. The molecule has 0 radical (unpaired) electrons. The number of nitrogens with one attached hydrogen (secondary N) is 2. The van der Waals surface area contributed by atoms with Crippen molar-refractivity contribution in [2.24, 2.45) is 11.8 Å². The first-order valence-corrected chi connectivity index (χ1v) is 8.21. The van der Waals surface area contributed by atoms with E-state index in [-0.39, 0.29) is 23.8 Å². The Morgan fingerprint density at radius 2 is 2.00 bits per heavy atom. The SMILES string of the molecule is CC(C)CC(=O)Nc1ccc2c(c1)C[C@@H](C(=O)NC(C)C)CO2. The largest absolute Gasteiger partial charge is 0.492 e. The van der Waals surface area contributed by atoms with E-state index >= 15 is 0 Å². The first-order valence-electron chi connectivity index (χ1n) is 8.21. The predicted molar refractivity (Wildman–Crippen MR) is 90.5 cm³/mol. The van der Waals surface area contributed by atoms with E-state index in [1.807, 2.05) is 45.9 Å². The number of benzene rings is 1. The highest BCUT2D eigenvalue weighted by molar-refractivity contribution is 5.91. The second-order valence-corrected chi connectivity index (χ2v) is 6.84. The Hall–Kier alpha value is -2.04. The van der Waals surface area contributed by atoms with Crippen LogP contribution in [0.1, 0.15) is 39.7 Å². The number of amides is 2. The fraction of sp³-hybridized carbons (Fsp3) is 0.556. The van der Waals surface area contributed by atoms with Gasteiger partial charge in [0.1, 0.15) is 12.4 Å². The van der Waals surface area contributed by atoms with E-state index in [1.54, 1.807) is 0 Å². The number of rotatable bonds is 5. The van der Waals surface area contributed by atoms with Gasteiger partial charge in [0.25, 0.3) is 0 Å². The second kappa shape index (κ2) is 7.49. The first-order chi connectivity index (χ1) is 10.8. The van der Waals surface area contributed by atoms with Gasteiger partial charge >= 0.3 is 0 Å². The molecule has 2 N–H and O–H groups in total. The zero-order chi connectivity index (χ0) is 17.0. The van der Waals surface area contributed by atoms with Gasteiger partial charge in [0.05, 0.1) is 5.92 Å². The molecule has 1 aliphatic heterocycles. The maximum absolute atomic E-state index is 12.1. The third-order valence-corrected chi connectivity index (χ3v) is 3.65.